The van der Waals surface area contributed by atoms with Crippen LogP contribution in [0.25, 0.3) is 0 Å². The van der Waals surface area contributed by atoms with E-state index in [0.717, 1.165) is 73.1 Å². The van der Waals surface area contributed by atoms with Crippen molar-refractivity contribution < 1.29 is 62.4 Å². The van der Waals surface area contributed by atoms with Crippen molar-refractivity contribution >= 4 is 41.7 Å². The number of unbranched alkanes of at least 4 members (excludes halogenated alkanes) is 7. The maximum Gasteiger partial charge on any atom is 0.303 e. The second-order valence-corrected chi connectivity index (χ2v) is 9.39. The van der Waals surface area contributed by atoms with Crippen LogP contribution >= 0.6 is 0 Å². The smallest absolute Gasteiger partial charge is 0.303 e. The van der Waals surface area contributed by atoms with E-state index in [1.165, 1.54) is 0 Å². The molecular weight excluding hydrogens is 546 g/mol. The fourth-order valence-corrected chi connectivity index (χ4v) is 3.87. The maximum absolute atomic E-state index is 13.1. The van der Waals surface area contributed by atoms with E-state index in [2.05, 4.69) is 5.32 Å². The molecule has 0 aliphatic carbocycles. The predicted octanol–water partition coefficient (Wildman–Crippen LogP) is 1.99. The van der Waals surface area contributed by atoms with Crippen LogP contribution in [0.1, 0.15) is 92.4 Å². The molecule has 0 bridgehead atoms. The summed E-state index contributed by atoms with van der Waals surface area (Å²) in [7, 11) is 0. The normalized spacial score (nSPS) is 13.5. The lowest BCUT2D eigenvalue weighted by Crippen LogP contribution is -2.57. The Morgan fingerprint density at radius 1 is 0.585 bits per heavy atom. The molecule has 0 fully saturated rings. The van der Waals surface area contributed by atoms with Crippen molar-refractivity contribution in [3.63, 3.8) is 0 Å². The summed E-state index contributed by atoms with van der Waals surface area (Å²) in [6.07, 6.45) is 0.0556. The number of carboxylic acid groups (broad SMARTS) is 1. The molecule has 2 N–H and O–H groups in total. The second-order valence-electron chi connectivity index (χ2n) is 9.39. The van der Waals surface area contributed by atoms with Crippen molar-refractivity contribution in [2.75, 3.05) is 13.2 Å². The zero-order valence-electron chi connectivity index (χ0n) is 24.4. The Labute approximate surface area is 239 Å². The number of aliphatic carboxylic acids is 1. The fourth-order valence-electron chi connectivity index (χ4n) is 3.87. The number of carbonyl (C=O) groups is 7. The molecule has 0 saturated carbocycles. The number of amides is 1. The summed E-state index contributed by atoms with van der Waals surface area (Å²) >= 11 is 0. The molecule has 0 saturated heterocycles. The van der Waals surface area contributed by atoms with Crippen LogP contribution in [-0.4, -0.2) is 84.4 Å². The number of esters is 5. The van der Waals surface area contributed by atoms with Crippen molar-refractivity contribution in [2.45, 2.75) is 117 Å². The summed E-state index contributed by atoms with van der Waals surface area (Å²) in [6.45, 7) is 4.77. The van der Waals surface area contributed by atoms with Gasteiger partial charge in [0.05, 0.1) is 0 Å². The quantitative estimate of drug-likeness (QED) is 0.112. The number of rotatable bonds is 21. The maximum atomic E-state index is 13.1. The lowest BCUT2D eigenvalue weighted by molar-refractivity contribution is -0.203. The van der Waals surface area contributed by atoms with E-state index >= 15 is 0 Å². The molecule has 14 heteroatoms. The fraction of sp³-hybridized carbons (Fsp3) is 0.741. The van der Waals surface area contributed by atoms with Gasteiger partial charge in [-0.3, -0.25) is 33.6 Å². The second kappa shape index (κ2) is 21.1. The van der Waals surface area contributed by atoms with Gasteiger partial charge in [0.1, 0.15) is 6.61 Å². The van der Waals surface area contributed by atoms with Crippen LogP contribution in [0.15, 0.2) is 0 Å². The van der Waals surface area contributed by atoms with Gasteiger partial charge in [-0.2, -0.15) is 0 Å². The van der Waals surface area contributed by atoms with Crippen LogP contribution in [0.5, 0.6) is 0 Å². The molecule has 0 radical (unpaired) electrons. The van der Waals surface area contributed by atoms with Crippen molar-refractivity contribution in [2.24, 2.45) is 0 Å². The lowest BCUT2D eigenvalue weighted by Gasteiger charge is -2.34. The Kier molecular flexibility index (Phi) is 19.2. The average Bonchev–Trinajstić information content (AvgIpc) is 2.84. The van der Waals surface area contributed by atoms with Crippen LogP contribution in [0.3, 0.4) is 0 Å². The highest BCUT2D eigenvalue weighted by atomic mass is 16.6. The van der Waals surface area contributed by atoms with Crippen molar-refractivity contribution in [1.29, 1.82) is 0 Å². The number of hydrogen-bond donors (Lipinski definition) is 2. The minimum atomic E-state index is -1.80. The number of carbonyl (C=O) groups excluding carboxylic acids is 6. The first kappa shape index (κ1) is 37.3. The Morgan fingerprint density at radius 2 is 1.05 bits per heavy atom. The SMILES string of the molecule is CC(=O)OC[C@H](OC(C)=O)[C@@H](OC(C)=O)[C@@H](OC(C)=O)[C@@H](OC(C)=O)C(=O)NCCCCCCCCCCC(=O)O. The largest absolute Gasteiger partial charge is 0.481 e. The van der Waals surface area contributed by atoms with Gasteiger partial charge in [0.2, 0.25) is 6.10 Å². The van der Waals surface area contributed by atoms with Gasteiger partial charge in [-0.05, 0) is 12.8 Å². The van der Waals surface area contributed by atoms with E-state index in [9.17, 15) is 33.6 Å². The summed E-state index contributed by atoms with van der Waals surface area (Å²) < 4.78 is 25.8. The van der Waals surface area contributed by atoms with E-state index in [0.29, 0.717) is 12.8 Å². The zero-order chi connectivity index (χ0) is 31.4. The first-order valence-corrected chi connectivity index (χ1v) is 13.6. The van der Waals surface area contributed by atoms with Gasteiger partial charge in [0.15, 0.2) is 18.3 Å². The molecule has 0 aliphatic rings. The molecule has 14 nitrogen and oxygen atoms in total. The molecule has 0 spiro atoms. The highest BCUT2D eigenvalue weighted by Gasteiger charge is 2.46. The number of carboxylic acids is 1. The van der Waals surface area contributed by atoms with E-state index in [1.54, 1.807) is 0 Å². The Hall–Kier alpha value is -3.71. The molecule has 1 amide bonds. The summed E-state index contributed by atoms with van der Waals surface area (Å²) in [6, 6.07) is 0. The van der Waals surface area contributed by atoms with Gasteiger partial charge in [0, 0.05) is 47.6 Å². The molecule has 234 valence electrons. The van der Waals surface area contributed by atoms with Crippen molar-refractivity contribution in [1.82, 2.24) is 5.32 Å². The van der Waals surface area contributed by atoms with Gasteiger partial charge in [0.25, 0.3) is 5.91 Å². The number of nitrogens with one attached hydrogen (secondary N) is 1. The van der Waals surface area contributed by atoms with Gasteiger partial charge in [-0.25, -0.2) is 0 Å². The minimum absolute atomic E-state index is 0.171. The molecule has 0 aromatic heterocycles. The van der Waals surface area contributed by atoms with Gasteiger partial charge in [-0.1, -0.05) is 38.5 Å². The average molecular weight is 590 g/mol. The molecule has 0 heterocycles. The summed E-state index contributed by atoms with van der Waals surface area (Å²) in [5, 5.41) is 11.3. The van der Waals surface area contributed by atoms with E-state index in [4.69, 9.17) is 28.8 Å². The van der Waals surface area contributed by atoms with Gasteiger partial charge in [-0.15, -0.1) is 0 Å². The summed E-state index contributed by atoms with van der Waals surface area (Å²) in [5.41, 5.74) is 0. The number of ether oxygens (including phenoxy) is 5. The van der Waals surface area contributed by atoms with Crippen LogP contribution in [0.4, 0.5) is 0 Å². The van der Waals surface area contributed by atoms with E-state index < -0.39 is 72.7 Å². The highest BCUT2D eigenvalue weighted by Crippen LogP contribution is 2.21. The molecule has 0 aromatic carbocycles. The van der Waals surface area contributed by atoms with Gasteiger partial charge >= 0.3 is 35.8 Å². The number of hydrogen-bond acceptors (Lipinski definition) is 12. The van der Waals surface area contributed by atoms with Gasteiger partial charge < -0.3 is 34.1 Å². The standard InChI is InChI=1S/C27H43NO13/c1-17(29)37-16-22(38-18(2)30)24(39-19(3)31)25(40-20(4)32)26(41-21(5)33)27(36)28-15-13-11-9-7-6-8-10-12-14-23(34)35/h22,24-26H,6-16H2,1-5H3,(H,28,36)(H,34,35)/t22-,24+,25+,26+/m0/s1. The lowest BCUT2D eigenvalue weighted by atomic mass is 10.0. The molecule has 0 aliphatic heterocycles. The summed E-state index contributed by atoms with van der Waals surface area (Å²) in [4.78, 5) is 82.6. The van der Waals surface area contributed by atoms with Crippen molar-refractivity contribution in [3.8, 4) is 0 Å². The summed E-state index contributed by atoms with van der Waals surface area (Å²) in [5.74, 6) is -5.98. The molecule has 4 atom stereocenters. The monoisotopic (exact) mass is 589 g/mol. The molecule has 0 unspecified atom stereocenters. The molecular formula is C27H43NO13. The third-order valence-corrected chi connectivity index (χ3v) is 5.53. The first-order chi connectivity index (χ1) is 19.2. The van der Waals surface area contributed by atoms with Crippen LogP contribution in [0.2, 0.25) is 0 Å². The third kappa shape index (κ3) is 19.1. The topological polar surface area (TPSA) is 198 Å². The predicted molar refractivity (Wildman–Crippen MR) is 141 cm³/mol. The van der Waals surface area contributed by atoms with Crippen LogP contribution in [-0.2, 0) is 57.2 Å². The first-order valence-electron chi connectivity index (χ1n) is 13.6. The Bertz CT molecular complexity index is 888. The zero-order valence-corrected chi connectivity index (χ0v) is 24.4. The molecule has 41 heavy (non-hydrogen) atoms. The van der Waals surface area contributed by atoms with Crippen LogP contribution < -0.4 is 5.32 Å². The Morgan fingerprint density at radius 3 is 1.51 bits per heavy atom. The Balaban J connectivity index is 5.48. The van der Waals surface area contributed by atoms with Crippen molar-refractivity contribution in [3.05, 3.63) is 0 Å². The minimum Gasteiger partial charge on any atom is -0.481 e. The van der Waals surface area contributed by atoms with E-state index in [-0.39, 0.29) is 13.0 Å². The van der Waals surface area contributed by atoms with Crippen LogP contribution in [0, 0.1) is 0 Å². The highest BCUT2D eigenvalue weighted by molar-refractivity contribution is 5.84. The molecule has 0 rings (SSSR count). The van der Waals surface area contributed by atoms with E-state index in [1.807, 2.05) is 0 Å². The third-order valence-electron chi connectivity index (χ3n) is 5.53. The molecule has 0 aromatic rings.